The highest BCUT2D eigenvalue weighted by Crippen LogP contribution is 2.32. The number of nitrogens with zero attached hydrogens (tertiary/aromatic N) is 2. The fraction of sp³-hybridized carbons (Fsp3) is 0.188. The first-order valence-corrected chi connectivity index (χ1v) is 7.49. The highest BCUT2D eigenvalue weighted by atomic mass is 35.5. The van der Waals surface area contributed by atoms with Gasteiger partial charge < -0.3 is 5.73 Å². The Morgan fingerprint density at radius 1 is 1.14 bits per heavy atom. The molecule has 0 radical (unpaired) electrons. The second-order valence-corrected chi connectivity index (χ2v) is 5.83. The van der Waals surface area contributed by atoms with Crippen molar-refractivity contribution in [3.8, 4) is 5.69 Å². The third-order valence-corrected chi connectivity index (χ3v) is 4.24. The molecular formula is C16H15Cl2N3. The van der Waals surface area contributed by atoms with Gasteiger partial charge in [-0.05, 0) is 42.8 Å². The molecule has 0 amide bonds. The summed E-state index contributed by atoms with van der Waals surface area (Å²) in [5.41, 5.74) is 10.2. The normalized spacial score (nSPS) is 11.2. The zero-order valence-electron chi connectivity index (χ0n) is 11.8. The molecule has 21 heavy (non-hydrogen) atoms. The standard InChI is InChI=1S/C16H15Cl2N3/c1-3-16-20-13-7-10(19)4-5-14(13)21(16)15-8-11(17)9(2)6-12(15)18/h4-8H,3,19H2,1-2H3. The van der Waals surface area contributed by atoms with E-state index in [4.69, 9.17) is 28.9 Å². The summed E-state index contributed by atoms with van der Waals surface area (Å²) in [6.07, 6.45) is 0.788. The number of nitrogens with two attached hydrogens (primary N) is 1. The summed E-state index contributed by atoms with van der Waals surface area (Å²) in [6.45, 7) is 4.00. The number of aromatic nitrogens is 2. The van der Waals surface area contributed by atoms with E-state index in [-0.39, 0.29) is 0 Å². The Morgan fingerprint density at radius 2 is 1.90 bits per heavy atom. The van der Waals surface area contributed by atoms with Crippen LogP contribution in [0.2, 0.25) is 10.0 Å². The molecule has 0 aliphatic heterocycles. The molecule has 0 aliphatic rings. The molecule has 0 saturated heterocycles. The van der Waals surface area contributed by atoms with Gasteiger partial charge in [-0.2, -0.15) is 0 Å². The van der Waals surface area contributed by atoms with E-state index in [1.807, 2.05) is 41.8 Å². The third kappa shape index (κ3) is 2.37. The first-order valence-electron chi connectivity index (χ1n) is 6.74. The van der Waals surface area contributed by atoms with Crippen LogP contribution in [0.4, 0.5) is 5.69 Å². The predicted octanol–water partition coefficient (Wildman–Crippen LogP) is 4.79. The zero-order valence-corrected chi connectivity index (χ0v) is 13.3. The number of fused-ring (bicyclic) bond motifs is 1. The van der Waals surface area contributed by atoms with E-state index >= 15 is 0 Å². The van der Waals surface area contributed by atoms with E-state index in [1.54, 1.807) is 0 Å². The minimum Gasteiger partial charge on any atom is -0.399 e. The minimum absolute atomic E-state index is 0.655. The maximum atomic E-state index is 6.42. The summed E-state index contributed by atoms with van der Waals surface area (Å²) in [7, 11) is 0. The molecule has 0 atom stereocenters. The molecule has 0 bridgehead atoms. The molecule has 0 spiro atoms. The number of rotatable bonds is 2. The van der Waals surface area contributed by atoms with Crippen LogP contribution in [-0.4, -0.2) is 9.55 Å². The monoisotopic (exact) mass is 319 g/mol. The minimum atomic E-state index is 0.655. The lowest BCUT2D eigenvalue weighted by Crippen LogP contribution is -2.01. The lowest BCUT2D eigenvalue weighted by molar-refractivity contribution is 0.908. The predicted molar refractivity (Wildman–Crippen MR) is 89.6 cm³/mol. The summed E-state index contributed by atoms with van der Waals surface area (Å²) >= 11 is 12.7. The lowest BCUT2D eigenvalue weighted by atomic mass is 10.2. The largest absolute Gasteiger partial charge is 0.399 e. The van der Waals surface area contributed by atoms with E-state index in [1.165, 1.54) is 0 Å². The lowest BCUT2D eigenvalue weighted by Gasteiger charge is -2.12. The molecule has 1 heterocycles. The van der Waals surface area contributed by atoms with Crippen LogP contribution >= 0.6 is 23.2 Å². The number of imidazole rings is 1. The van der Waals surface area contributed by atoms with Crippen molar-refractivity contribution in [2.24, 2.45) is 0 Å². The maximum absolute atomic E-state index is 6.42. The Kier molecular flexibility index (Phi) is 3.56. The quantitative estimate of drug-likeness (QED) is 0.690. The highest BCUT2D eigenvalue weighted by molar-refractivity contribution is 6.35. The number of nitrogen functional groups attached to an aromatic ring is 1. The van der Waals surface area contributed by atoms with Crippen molar-refractivity contribution in [1.29, 1.82) is 0 Å². The number of hydrogen-bond acceptors (Lipinski definition) is 2. The SMILES string of the molecule is CCc1nc2cc(N)ccc2n1-c1cc(Cl)c(C)cc1Cl. The molecule has 0 aliphatic carbocycles. The van der Waals surface area contributed by atoms with E-state index in [0.717, 1.165) is 34.5 Å². The molecule has 3 aromatic rings. The Morgan fingerprint density at radius 3 is 2.62 bits per heavy atom. The molecule has 0 unspecified atom stereocenters. The van der Waals surface area contributed by atoms with Gasteiger partial charge in [0.25, 0.3) is 0 Å². The van der Waals surface area contributed by atoms with E-state index in [9.17, 15) is 0 Å². The van der Waals surface area contributed by atoms with Crippen LogP contribution in [0.15, 0.2) is 30.3 Å². The number of hydrogen-bond donors (Lipinski definition) is 1. The van der Waals surface area contributed by atoms with Gasteiger partial charge in [0.2, 0.25) is 0 Å². The van der Waals surface area contributed by atoms with Crippen LogP contribution in [-0.2, 0) is 6.42 Å². The average molecular weight is 320 g/mol. The molecular weight excluding hydrogens is 305 g/mol. The zero-order chi connectivity index (χ0) is 15.1. The Bertz CT molecular complexity index is 837. The summed E-state index contributed by atoms with van der Waals surface area (Å²) in [4.78, 5) is 4.64. The van der Waals surface area contributed by atoms with Crippen LogP contribution in [0.3, 0.4) is 0 Å². The van der Waals surface area contributed by atoms with E-state index < -0.39 is 0 Å². The number of benzene rings is 2. The highest BCUT2D eigenvalue weighted by Gasteiger charge is 2.15. The Labute approximate surface area is 133 Å². The smallest absolute Gasteiger partial charge is 0.114 e. The van der Waals surface area contributed by atoms with Crippen molar-refractivity contribution in [3.63, 3.8) is 0 Å². The second-order valence-electron chi connectivity index (χ2n) is 5.02. The van der Waals surface area contributed by atoms with Gasteiger partial charge in [-0.25, -0.2) is 4.98 Å². The molecule has 0 fully saturated rings. The summed E-state index contributed by atoms with van der Waals surface area (Å²) in [5, 5.41) is 1.34. The second kappa shape index (κ2) is 5.24. The summed E-state index contributed by atoms with van der Waals surface area (Å²) in [5.74, 6) is 0.928. The van der Waals surface area contributed by atoms with Crippen molar-refractivity contribution in [2.45, 2.75) is 20.3 Å². The molecule has 2 N–H and O–H groups in total. The molecule has 3 nitrogen and oxygen atoms in total. The van der Waals surface area contributed by atoms with Crippen molar-refractivity contribution in [3.05, 3.63) is 51.8 Å². The van der Waals surface area contributed by atoms with Gasteiger partial charge in [-0.3, -0.25) is 4.57 Å². The van der Waals surface area contributed by atoms with Crippen molar-refractivity contribution < 1.29 is 0 Å². The van der Waals surface area contributed by atoms with Gasteiger partial charge in [0, 0.05) is 17.1 Å². The van der Waals surface area contributed by atoms with Gasteiger partial charge in [-0.15, -0.1) is 0 Å². The summed E-state index contributed by atoms with van der Waals surface area (Å²) in [6, 6.07) is 9.46. The third-order valence-electron chi connectivity index (χ3n) is 3.53. The average Bonchev–Trinajstić information content (AvgIpc) is 2.80. The van der Waals surface area contributed by atoms with E-state index in [0.29, 0.717) is 15.7 Å². The van der Waals surface area contributed by atoms with Crippen molar-refractivity contribution >= 4 is 39.9 Å². The van der Waals surface area contributed by atoms with Crippen LogP contribution in [0.1, 0.15) is 18.3 Å². The molecule has 108 valence electrons. The molecule has 5 heteroatoms. The number of halogens is 2. The Hall–Kier alpha value is -1.71. The maximum Gasteiger partial charge on any atom is 0.114 e. The van der Waals surface area contributed by atoms with Gasteiger partial charge in [0.1, 0.15) is 5.82 Å². The number of aryl methyl sites for hydroxylation is 2. The topological polar surface area (TPSA) is 43.8 Å². The molecule has 2 aromatic carbocycles. The fourth-order valence-electron chi connectivity index (χ4n) is 2.46. The number of anilines is 1. The molecule has 1 aromatic heterocycles. The van der Waals surface area contributed by atoms with Crippen molar-refractivity contribution in [1.82, 2.24) is 9.55 Å². The van der Waals surface area contributed by atoms with Crippen LogP contribution in [0.25, 0.3) is 16.7 Å². The van der Waals surface area contributed by atoms with Crippen molar-refractivity contribution in [2.75, 3.05) is 5.73 Å². The van der Waals surface area contributed by atoms with Gasteiger partial charge in [0.05, 0.1) is 21.7 Å². The van der Waals surface area contributed by atoms with Gasteiger partial charge in [0.15, 0.2) is 0 Å². The van der Waals surface area contributed by atoms with Gasteiger partial charge >= 0.3 is 0 Å². The van der Waals surface area contributed by atoms with Crippen LogP contribution in [0.5, 0.6) is 0 Å². The van der Waals surface area contributed by atoms with E-state index in [2.05, 4.69) is 11.9 Å². The first-order chi connectivity index (χ1) is 10.0. The summed E-state index contributed by atoms with van der Waals surface area (Å²) < 4.78 is 2.04. The molecule has 0 saturated carbocycles. The van der Waals surface area contributed by atoms with Crippen LogP contribution < -0.4 is 5.73 Å². The van der Waals surface area contributed by atoms with Crippen LogP contribution in [0, 0.1) is 6.92 Å². The Balaban J connectivity index is 2.36. The molecule has 3 rings (SSSR count). The fourth-order valence-corrected chi connectivity index (χ4v) is 2.92. The first kappa shape index (κ1) is 14.2. The van der Waals surface area contributed by atoms with Gasteiger partial charge in [-0.1, -0.05) is 30.1 Å².